The van der Waals surface area contributed by atoms with Gasteiger partial charge in [0.25, 0.3) is 5.91 Å². The van der Waals surface area contributed by atoms with E-state index < -0.39 is 0 Å². The molecule has 0 atom stereocenters. The van der Waals surface area contributed by atoms with Gasteiger partial charge >= 0.3 is 0 Å². The van der Waals surface area contributed by atoms with Gasteiger partial charge in [0.05, 0.1) is 6.61 Å². The Kier molecular flexibility index (Phi) is 7.92. The van der Waals surface area contributed by atoms with Gasteiger partial charge in [0, 0.05) is 31.8 Å². The zero-order chi connectivity index (χ0) is 16.4. The van der Waals surface area contributed by atoms with Crippen LogP contribution in [0.3, 0.4) is 0 Å². The van der Waals surface area contributed by atoms with Gasteiger partial charge in [-0.2, -0.15) is 0 Å². The molecule has 2 N–H and O–H groups in total. The first-order valence-electron chi connectivity index (χ1n) is 7.52. The Hall–Kier alpha value is -2.14. The lowest BCUT2D eigenvalue weighted by molar-refractivity contribution is -0.126. The smallest absolute Gasteiger partial charge is 0.251 e. The lowest BCUT2D eigenvalue weighted by Gasteiger charge is -2.19. The molecule has 0 heterocycles. The Bertz CT molecular complexity index is 509. The van der Waals surface area contributed by atoms with Crippen molar-refractivity contribution in [2.24, 2.45) is 0 Å². The number of nitrogens with one attached hydrogen (secondary N) is 1. The van der Waals surface area contributed by atoms with E-state index in [4.69, 9.17) is 5.11 Å². The van der Waals surface area contributed by atoms with Crippen molar-refractivity contribution in [1.29, 1.82) is 0 Å². The summed E-state index contributed by atoms with van der Waals surface area (Å²) < 4.78 is 0. The Labute approximate surface area is 131 Å². The first-order valence-corrected chi connectivity index (χ1v) is 7.52. The summed E-state index contributed by atoms with van der Waals surface area (Å²) in [7, 11) is 1.58. The molecule has 0 unspecified atom stereocenters. The predicted molar refractivity (Wildman–Crippen MR) is 87.4 cm³/mol. The molecule has 2 amide bonds. The largest absolute Gasteiger partial charge is 0.395 e. The van der Waals surface area contributed by atoms with Crippen molar-refractivity contribution in [2.45, 2.75) is 19.8 Å². The number of hydrogen-bond acceptors (Lipinski definition) is 3. The topological polar surface area (TPSA) is 69.6 Å². The molecule has 22 heavy (non-hydrogen) atoms. The number of nitrogens with zero attached hydrogens (tertiary/aromatic N) is 1. The second-order valence-corrected chi connectivity index (χ2v) is 4.94. The van der Waals surface area contributed by atoms with Gasteiger partial charge in [0.2, 0.25) is 5.91 Å². The van der Waals surface area contributed by atoms with Crippen LogP contribution in [0, 0.1) is 0 Å². The van der Waals surface area contributed by atoms with E-state index in [9.17, 15) is 9.59 Å². The molecule has 5 nitrogen and oxygen atoms in total. The van der Waals surface area contributed by atoms with Gasteiger partial charge in [-0.25, -0.2) is 0 Å². The van der Waals surface area contributed by atoms with Crippen LogP contribution in [0.15, 0.2) is 30.3 Å². The molecule has 1 aromatic carbocycles. The lowest BCUT2D eigenvalue weighted by atomic mass is 10.1. The third-order valence-electron chi connectivity index (χ3n) is 3.28. The maximum absolute atomic E-state index is 12.1. The van der Waals surface area contributed by atoms with E-state index >= 15 is 0 Å². The summed E-state index contributed by atoms with van der Waals surface area (Å²) in [6, 6.07) is 7.00. The summed E-state index contributed by atoms with van der Waals surface area (Å²) in [5, 5.41) is 11.6. The van der Waals surface area contributed by atoms with E-state index in [1.165, 1.54) is 6.08 Å². The van der Waals surface area contributed by atoms with Gasteiger partial charge in [-0.15, -0.1) is 0 Å². The number of carbonyl (C=O) groups excluding carboxylic acids is 2. The maximum Gasteiger partial charge on any atom is 0.251 e. The molecule has 0 aliphatic carbocycles. The highest BCUT2D eigenvalue weighted by Crippen LogP contribution is 2.07. The van der Waals surface area contributed by atoms with Crippen molar-refractivity contribution in [3.63, 3.8) is 0 Å². The van der Waals surface area contributed by atoms with E-state index in [2.05, 4.69) is 12.2 Å². The average Bonchev–Trinajstić information content (AvgIpc) is 2.56. The monoisotopic (exact) mass is 304 g/mol. The Morgan fingerprint density at radius 1 is 1.23 bits per heavy atom. The molecule has 0 spiro atoms. The van der Waals surface area contributed by atoms with Crippen LogP contribution in [0.2, 0.25) is 0 Å². The van der Waals surface area contributed by atoms with E-state index in [1.54, 1.807) is 42.3 Å². The Balaban J connectivity index is 2.68. The number of rotatable bonds is 8. The van der Waals surface area contributed by atoms with Gasteiger partial charge in [0.15, 0.2) is 0 Å². The first kappa shape index (κ1) is 17.9. The van der Waals surface area contributed by atoms with Gasteiger partial charge < -0.3 is 15.3 Å². The highest BCUT2D eigenvalue weighted by Gasteiger charge is 2.09. The van der Waals surface area contributed by atoms with Crippen molar-refractivity contribution in [2.75, 3.05) is 26.7 Å². The van der Waals surface area contributed by atoms with Crippen molar-refractivity contribution >= 4 is 17.9 Å². The van der Waals surface area contributed by atoms with Crippen LogP contribution in [0.5, 0.6) is 0 Å². The summed E-state index contributed by atoms with van der Waals surface area (Å²) >= 11 is 0. The fourth-order valence-corrected chi connectivity index (χ4v) is 1.96. The molecule has 120 valence electrons. The molecule has 0 bridgehead atoms. The fraction of sp³-hybridized carbons (Fsp3) is 0.412. The average molecular weight is 304 g/mol. The SMILES string of the molecule is CCCCN(CCO)C(=O)/C=C/c1ccc(C(=O)NC)cc1. The molecule has 0 aliphatic heterocycles. The molecule has 1 aromatic rings. The fourth-order valence-electron chi connectivity index (χ4n) is 1.96. The molecule has 5 heteroatoms. The molecule has 0 fully saturated rings. The minimum atomic E-state index is -0.139. The van der Waals surface area contributed by atoms with Crippen LogP contribution in [-0.4, -0.2) is 48.6 Å². The number of benzene rings is 1. The summed E-state index contributed by atoms with van der Waals surface area (Å²) in [4.78, 5) is 25.2. The minimum absolute atomic E-state index is 0.0376. The number of aliphatic hydroxyl groups excluding tert-OH is 1. The number of carbonyl (C=O) groups is 2. The molecular formula is C17H24N2O3. The molecule has 0 radical (unpaired) electrons. The van der Waals surface area contributed by atoms with Crippen molar-refractivity contribution in [3.05, 3.63) is 41.5 Å². The van der Waals surface area contributed by atoms with Gasteiger partial charge in [-0.3, -0.25) is 9.59 Å². The second kappa shape index (κ2) is 9.73. The van der Waals surface area contributed by atoms with Gasteiger partial charge in [-0.1, -0.05) is 25.5 Å². The van der Waals surface area contributed by atoms with E-state index in [0.29, 0.717) is 18.7 Å². The van der Waals surface area contributed by atoms with E-state index in [0.717, 1.165) is 18.4 Å². The van der Waals surface area contributed by atoms with Crippen LogP contribution in [0.25, 0.3) is 6.08 Å². The Morgan fingerprint density at radius 3 is 2.45 bits per heavy atom. The number of aliphatic hydroxyl groups is 1. The summed E-state index contributed by atoms with van der Waals surface area (Å²) in [5.74, 6) is -0.252. The zero-order valence-corrected chi connectivity index (χ0v) is 13.2. The van der Waals surface area contributed by atoms with Crippen molar-refractivity contribution < 1.29 is 14.7 Å². The minimum Gasteiger partial charge on any atom is -0.395 e. The highest BCUT2D eigenvalue weighted by molar-refractivity contribution is 5.94. The number of unbranched alkanes of at least 4 members (excludes halogenated alkanes) is 1. The van der Waals surface area contributed by atoms with Crippen LogP contribution in [-0.2, 0) is 4.79 Å². The second-order valence-electron chi connectivity index (χ2n) is 4.94. The van der Waals surface area contributed by atoms with Crippen molar-refractivity contribution in [3.8, 4) is 0 Å². The first-order chi connectivity index (χ1) is 10.6. The maximum atomic E-state index is 12.1. The number of hydrogen-bond donors (Lipinski definition) is 2. The molecule has 0 aromatic heterocycles. The zero-order valence-electron chi connectivity index (χ0n) is 13.2. The number of amides is 2. The molecular weight excluding hydrogens is 280 g/mol. The summed E-state index contributed by atoms with van der Waals surface area (Å²) in [6.07, 6.45) is 5.13. The standard InChI is InChI=1S/C17H24N2O3/c1-3-4-11-19(12-13-20)16(21)10-7-14-5-8-15(9-6-14)17(22)18-2/h5-10,20H,3-4,11-13H2,1-2H3,(H,18,22)/b10-7+. The third kappa shape index (κ3) is 5.69. The highest BCUT2D eigenvalue weighted by atomic mass is 16.3. The van der Waals surface area contributed by atoms with Gasteiger partial charge in [-0.05, 0) is 30.2 Å². The van der Waals surface area contributed by atoms with Gasteiger partial charge in [0.1, 0.15) is 0 Å². The third-order valence-corrected chi connectivity index (χ3v) is 3.28. The van der Waals surface area contributed by atoms with Crippen LogP contribution < -0.4 is 5.32 Å². The van der Waals surface area contributed by atoms with Crippen molar-refractivity contribution in [1.82, 2.24) is 10.2 Å². The Morgan fingerprint density at radius 2 is 1.91 bits per heavy atom. The molecule has 0 saturated carbocycles. The van der Waals surface area contributed by atoms with Crippen LogP contribution >= 0.6 is 0 Å². The quantitative estimate of drug-likeness (QED) is 0.718. The van der Waals surface area contributed by atoms with E-state index in [-0.39, 0.29) is 18.4 Å². The summed E-state index contributed by atoms with van der Waals surface area (Å²) in [5.41, 5.74) is 1.43. The normalized spacial score (nSPS) is 10.7. The van der Waals surface area contributed by atoms with Crippen LogP contribution in [0.1, 0.15) is 35.7 Å². The van der Waals surface area contributed by atoms with Crippen LogP contribution in [0.4, 0.5) is 0 Å². The predicted octanol–water partition coefficient (Wildman–Crippen LogP) is 1.68. The molecule has 1 rings (SSSR count). The molecule has 0 aliphatic rings. The lowest BCUT2D eigenvalue weighted by Crippen LogP contribution is -2.33. The van der Waals surface area contributed by atoms with E-state index in [1.807, 2.05) is 0 Å². The summed E-state index contributed by atoms with van der Waals surface area (Å²) in [6.45, 7) is 3.02. The molecule has 0 saturated heterocycles.